The highest BCUT2D eigenvalue weighted by Crippen LogP contribution is 2.23. The highest BCUT2D eigenvalue weighted by Gasteiger charge is 2.31. The molecular formula is C15H22N2O2. The normalized spacial score (nSPS) is 22.6. The van der Waals surface area contributed by atoms with E-state index in [-0.39, 0.29) is 5.91 Å². The third-order valence-corrected chi connectivity index (χ3v) is 3.83. The quantitative estimate of drug-likeness (QED) is 0.893. The molecule has 104 valence electrons. The first-order valence-corrected chi connectivity index (χ1v) is 6.76. The zero-order valence-electron chi connectivity index (χ0n) is 11.6. The predicted octanol–water partition coefficient (Wildman–Crippen LogP) is 1.43. The fourth-order valence-electron chi connectivity index (χ4n) is 2.68. The van der Waals surface area contributed by atoms with Crippen LogP contribution in [0.5, 0.6) is 5.75 Å². The molecule has 1 aromatic carbocycles. The molecule has 19 heavy (non-hydrogen) atoms. The molecule has 0 aliphatic carbocycles. The fraction of sp³-hybridized carbons (Fsp3) is 0.533. The van der Waals surface area contributed by atoms with Crippen LogP contribution in [0.1, 0.15) is 18.9 Å². The molecule has 1 saturated heterocycles. The summed E-state index contributed by atoms with van der Waals surface area (Å²) >= 11 is 0. The number of rotatable bonds is 4. The molecule has 4 nitrogen and oxygen atoms in total. The van der Waals surface area contributed by atoms with Crippen LogP contribution in [0.2, 0.25) is 0 Å². The van der Waals surface area contributed by atoms with Crippen molar-refractivity contribution in [3.05, 3.63) is 29.8 Å². The van der Waals surface area contributed by atoms with E-state index in [1.54, 1.807) is 7.11 Å². The Balaban J connectivity index is 1.96. The van der Waals surface area contributed by atoms with Crippen LogP contribution in [0.15, 0.2) is 24.3 Å². The van der Waals surface area contributed by atoms with E-state index in [9.17, 15) is 4.79 Å². The lowest BCUT2D eigenvalue weighted by molar-refractivity contribution is -0.131. The van der Waals surface area contributed by atoms with Crippen LogP contribution in [0, 0.1) is 5.92 Å². The second-order valence-electron chi connectivity index (χ2n) is 5.26. The van der Waals surface area contributed by atoms with Gasteiger partial charge in [-0.3, -0.25) is 4.79 Å². The van der Waals surface area contributed by atoms with Crippen molar-refractivity contribution in [2.75, 3.05) is 20.2 Å². The smallest absolute Gasteiger partial charge is 0.227 e. The van der Waals surface area contributed by atoms with Crippen LogP contribution in [0.25, 0.3) is 0 Å². The number of likely N-dealkylation sites (tertiary alicyclic amines) is 1. The minimum Gasteiger partial charge on any atom is -0.497 e. The van der Waals surface area contributed by atoms with Gasteiger partial charge in [-0.1, -0.05) is 12.1 Å². The van der Waals surface area contributed by atoms with Gasteiger partial charge in [0.15, 0.2) is 0 Å². The van der Waals surface area contributed by atoms with Crippen molar-refractivity contribution in [3.8, 4) is 5.75 Å². The van der Waals surface area contributed by atoms with Crippen LogP contribution < -0.4 is 10.5 Å². The van der Waals surface area contributed by atoms with Crippen molar-refractivity contribution < 1.29 is 9.53 Å². The van der Waals surface area contributed by atoms with Crippen molar-refractivity contribution in [1.29, 1.82) is 0 Å². The molecule has 0 aromatic heterocycles. The van der Waals surface area contributed by atoms with Crippen LogP contribution in [-0.2, 0) is 11.2 Å². The molecule has 1 amide bonds. The number of benzene rings is 1. The number of nitrogens with two attached hydrogens (primary N) is 1. The lowest BCUT2D eigenvalue weighted by Gasteiger charge is -2.21. The van der Waals surface area contributed by atoms with Gasteiger partial charge in [0.05, 0.1) is 13.5 Å². The van der Waals surface area contributed by atoms with Gasteiger partial charge in [0, 0.05) is 12.6 Å². The molecule has 0 bridgehead atoms. The third-order valence-electron chi connectivity index (χ3n) is 3.83. The number of methoxy groups -OCH3 is 1. The summed E-state index contributed by atoms with van der Waals surface area (Å²) in [4.78, 5) is 14.3. The fourth-order valence-corrected chi connectivity index (χ4v) is 2.68. The lowest BCUT2D eigenvalue weighted by atomic mass is 10.1. The molecule has 2 atom stereocenters. The summed E-state index contributed by atoms with van der Waals surface area (Å²) in [5.41, 5.74) is 6.71. The van der Waals surface area contributed by atoms with Crippen LogP contribution in [0.3, 0.4) is 0 Å². The van der Waals surface area contributed by atoms with Gasteiger partial charge < -0.3 is 15.4 Å². The van der Waals surface area contributed by atoms with E-state index < -0.39 is 0 Å². The van der Waals surface area contributed by atoms with Gasteiger partial charge in [-0.2, -0.15) is 0 Å². The minimum atomic E-state index is 0.189. The van der Waals surface area contributed by atoms with Gasteiger partial charge >= 0.3 is 0 Å². The molecule has 1 aromatic rings. The summed E-state index contributed by atoms with van der Waals surface area (Å²) in [6.45, 7) is 3.56. The van der Waals surface area contributed by atoms with E-state index >= 15 is 0 Å². The highest BCUT2D eigenvalue weighted by molar-refractivity contribution is 5.79. The van der Waals surface area contributed by atoms with Gasteiger partial charge in [0.2, 0.25) is 5.91 Å². The van der Waals surface area contributed by atoms with Gasteiger partial charge in [-0.05, 0) is 43.5 Å². The van der Waals surface area contributed by atoms with E-state index in [2.05, 4.69) is 6.92 Å². The van der Waals surface area contributed by atoms with Gasteiger partial charge in [-0.25, -0.2) is 0 Å². The van der Waals surface area contributed by atoms with Crippen molar-refractivity contribution in [2.45, 2.75) is 25.8 Å². The number of carbonyl (C=O) groups excluding carboxylic acids is 1. The Kier molecular flexibility index (Phi) is 4.43. The molecule has 0 spiro atoms. The average Bonchev–Trinajstić information content (AvgIpc) is 2.81. The number of hydrogen-bond donors (Lipinski definition) is 1. The Morgan fingerprint density at radius 3 is 2.63 bits per heavy atom. The van der Waals surface area contributed by atoms with E-state index in [1.807, 2.05) is 29.2 Å². The molecular weight excluding hydrogens is 240 g/mol. The Bertz CT molecular complexity index is 430. The van der Waals surface area contributed by atoms with Crippen LogP contribution in [-0.4, -0.2) is 37.0 Å². The van der Waals surface area contributed by atoms with Crippen molar-refractivity contribution >= 4 is 5.91 Å². The molecule has 1 aliphatic rings. The Morgan fingerprint density at radius 1 is 1.42 bits per heavy atom. The highest BCUT2D eigenvalue weighted by atomic mass is 16.5. The summed E-state index contributed by atoms with van der Waals surface area (Å²) in [6, 6.07) is 7.96. The monoisotopic (exact) mass is 262 g/mol. The number of nitrogens with zero attached hydrogens (tertiary/aromatic N) is 1. The maximum atomic E-state index is 12.3. The summed E-state index contributed by atoms with van der Waals surface area (Å²) in [5.74, 6) is 1.46. The molecule has 1 fully saturated rings. The van der Waals surface area contributed by atoms with E-state index in [4.69, 9.17) is 10.5 Å². The largest absolute Gasteiger partial charge is 0.497 e. The topological polar surface area (TPSA) is 55.6 Å². The maximum absolute atomic E-state index is 12.3. The lowest BCUT2D eigenvalue weighted by Crippen LogP contribution is -2.35. The third kappa shape index (κ3) is 3.26. The summed E-state index contributed by atoms with van der Waals surface area (Å²) in [7, 11) is 1.64. The van der Waals surface area contributed by atoms with Crippen molar-refractivity contribution in [3.63, 3.8) is 0 Å². The Labute approximate surface area is 114 Å². The van der Waals surface area contributed by atoms with Gasteiger partial charge in [0.25, 0.3) is 0 Å². The summed E-state index contributed by atoms with van der Waals surface area (Å²) in [6.07, 6.45) is 1.47. The minimum absolute atomic E-state index is 0.189. The van der Waals surface area contributed by atoms with Gasteiger partial charge in [-0.15, -0.1) is 0 Å². The molecule has 2 N–H and O–H groups in total. The molecule has 1 aliphatic heterocycles. The second kappa shape index (κ2) is 6.06. The first-order chi connectivity index (χ1) is 9.13. The molecule has 2 unspecified atom stereocenters. The van der Waals surface area contributed by atoms with Crippen LogP contribution in [0.4, 0.5) is 0 Å². The molecule has 1 heterocycles. The molecule has 4 heteroatoms. The first kappa shape index (κ1) is 13.9. The van der Waals surface area contributed by atoms with E-state index in [0.717, 1.165) is 24.3 Å². The predicted molar refractivity (Wildman–Crippen MR) is 75.0 cm³/mol. The van der Waals surface area contributed by atoms with Gasteiger partial charge in [0.1, 0.15) is 5.75 Å². The summed E-state index contributed by atoms with van der Waals surface area (Å²) < 4.78 is 5.11. The Morgan fingerprint density at radius 2 is 2.11 bits per heavy atom. The molecule has 2 rings (SSSR count). The number of carbonyl (C=O) groups is 1. The number of ether oxygens (including phenoxy) is 1. The zero-order chi connectivity index (χ0) is 13.8. The average molecular weight is 262 g/mol. The summed E-state index contributed by atoms with van der Waals surface area (Å²) in [5, 5.41) is 0. The Hall–Kier alpha value is -1.55. The van der Waals surface area contributed by atoms with Crippen LogP contribution >= 0.6 is 0 Å². The SMILES string of the molecule is COc1ccc(CC(=O)N2CC(CN)CC2C)cc1. The van der Waals surface area contributed by atoms with Crippen molar-refractivity contribution in [1.82, 2.24) is 4.90 Å². The molecule has 0 saturated carbocycles. The van der Waals surface area contributed by atoms with Crippen molar-refractivity contribution in [2.24, 2.45) is 11.7 Å². The van der Waals surface area contributed by atoms with E-state index in [1.165, 1.54) is 0 Å². The number of amides is 1. The number of hydrogen-bond acceptors (Lipinski definition) is 3. The standard InChI is InChI=1S/C15H22N2O2/c1-11-7-13(9-16)10-17(11)15(18)8-12-3-5-14(19-2)6-4-12/h3-6,11,13H,7-10,16H2,1-2H3. The second-order valence-corrected chi connectivity index (χ2v) is 5.26. The van der Waals surface area contributed by atoms with E-state index in [0.29, 0.717) is 24.9 Å². The first-order valence-electron chi connectivity index (χ1n) is 6.76. The molecule has 0 radical (unpaired) electrons. The maximum Gasteiger partial charge on any atom is 0.227 e. The zero-order valence-corrected chi connectivity index (χ0v) is 11.6.